The molecule has 2 aromatic rings. The highest BCUT2D eigenvalue weighted by atomic mass is 35.5. The summed E-state index contributed by atoms with van der Waals surface area (Å²) in [5.74, 6) is -0.917. The van der Waals surface area contributed by atoms with E-state index >= 15 is 0 Å². The number of amides is 3. The lowest BCUT2D eigenvalue weighted by Crippen LogP contribution is -2.41. The molecule has 1 fully saturated rings. The first kappa shape index (κ1) is 20.8. The van der Waals surface area contributed by atoms with Gasteiger partial charge in [-0.1, -0.05) is 29.8 Å². The molecule has 0 aliphatic carbocycles. The van der Waals surface area contributed by atoms with Crippen LogP contribution in [-0.4, -0.2) is 39.4 Å². The summed E-state index contributed by atoms with van der Waals surface area (Å²) in [5, 5.41) is 0.156. The molecule has 6 nitrogen and oxygen atoms in total. The molecule has 1 atom stereocenters. The second kappa shape index (κ2) is 9.07. The summed E-state index contributed by atoms with van der Waals surface area (Å²) < 4.78 is 0.716. The highest BCUT2D eigenvalue weighted by Crippen LogP contribution is 2.34. The standard InChI is InChI=1S/C19H20ClN3O3S2/c1-11-15(10-16(21)24)28-19(22-11)27-14-4-2-3-9-23(18(14)26)17(25)12-5-7-13(20)8-6-12/h5-8,14H,2-4,9-10H2,1H3,(H2,21,24). The first-order chi connectivity index (χ1) is 13.3. The van der Waals surface area contributed by atoms with Crippen molar-refractivity contribution < 1.29 is 14.4 Å². The summed E-state index contributed by atoms with van der Waals surface area (Å²) in [6, 6.07) is 6.54. The summed E-state index contributed by atoms with van der Waals surface area (Å²) in [6.07, 6.45) is 2.44. The first-order valence-corrected chi connectivity index (χ1v) is 10.9. The van der Waals surface area contributed by atoms with Crippen LogP contribution in [0.2, 0.25) is 5.02 Å². The lowest BCUT2D eigenvalue weighted by atomic mass is 10.2. The molecule has 0 spiro atoms. The van der Waals surface area contributed by atoms with Gasteiger partial charge in [0.2, 0.25) is 11.8 Å². The summed E-state index contributed by atoms with van der Waals surface area (Å²) in [7, 11) is 0. The number of thiazole rings is 1. The minimum Gasteiger partial charge on any atom is -0.369 e. The molecule has 1 saturated heterocycles. The Labute approximate surface area is 176 Å². The number of carbonyl (C=O) groups excluding carboxylic acids is 3. The monoisotopic (exact) mass is 437 g/mol. The smallest absolute Gasteiger partial charge is 0.260 e. The average Bonchev–Trinajstić information content (AvgIpc) is 2.87. The molecule has 1 aromatic carbocycles. The molecule has 0 radical (unpaired) electrons. The number of benzene rings is 1. The van der Waals surface area contributed by atoms with Crippen LogP contribution in [0.3, 0.4) is 0 Å². The third-order valence-corrected chi connectivity index (χ3v) is 7.18. The minimum atomic E-state index is -0.409. The molecule has 1 aliphatic rings. The van der Waals surface area contributed by atoms with E-state index in [1.165, 1.54) is 28.0 Å². The zero-order valence-electron chi connectivity index (χ0n) is 15.3. The van der Waals surface area contributed by atoms with Crippen LogP contribution < -0.4 is 5.73 Å². The molecule has 3 rings (SSSR count). The molecule has 2 N–H and O–H groups in total. The van der Waals surface area contributed by atoms with Gasteiger partial charge in [0.15, 0.2) is 4.34 Å². The van der Waals surface area contributed by atoms with Gasteiger partial charge in [-0.15, -0.1) is 11.3 Å². The number of hydrogen-bond donors (Lipinski definition) is 1. The number of carbonyl (C=O) groups is 3. The Morgan fingerprint density at radius 3 is 2.71 bits per heavy atom. The van der Waals surface area contributed by atoms with Gasteiger partial charge < -0.3 is 5.73 Å². The maximum absolute atomic E-state index is 13.1. The Balaban J connectivity index is 1.76. The lowest BCUT2D eigenvalue weighted by Gasteiger charge is -2.22. The van der Waals surface area contributed by atoms with E-state index in [1.54, 1.807) is 24.3 Å². The van der Waals surface area contributed by atoms with Crippen LogP contribution in [0.15, 0.2) is 28.6 Å². The van der Waals surface area contributed by atoms with Crippen LogP contribution in [0.4, 0.5) is 0 Å². The molecule has 148 valence electrons. The van der Waals surface area contributed by atoms with Gasteiger partial charge in [-0.05, 0) is 44.0 Å². The van der Waals surface area contributed by atoms with Crippen molar-refractivity contribution in [1.29, 1.82) is 0 Å². The number of nitrogens with zero attached hydrogens (tertiary/aromatic N) is 2. The molecule has 3 amide bonds. The van der Waals surface area contributed by atoms with Gasteiger partial charge in [-0.2, -0.15) is 0 Å². The molecular weight excluding hydrogens is 418 g/mol. The summed E-state index contributed by atoms with van der Waals surface area (Å²) in [6.45, 7) is 2.23. The van der Waals surface area contributed by atoms with Crippen molar-refractivity contribution in [3.8, 4) is 0 Å². The van der Waals surface area contributed by atoms with Crippen LogP contribution in [0, 0.1) is 6.92 Å². The number of rotatable bonds is 5. The lowest BCUT2D eigenvalue weighted by molar-refractivity contribution is -0.127. The summed E-state index contributed by atoms with van der Waals surface area (Å²) in [4.78, 5) is 43.7. The summed E-state index contributed by atoms with van der Waals surface area (Å²) in [5.41, 5.74) is 6.47. The summed E-state index contributed by atoms with van der Waals surface area (Å²) >= 11 is 8.62. The van der Waals surface area contributed by atoms with Gasteiger partial charge >= 0.3 is 0 Å². The number of halogens is 1. The predicted octanol–water partition coefficient (Wildman–Crippen LogP) is 3.45. The topological polar surface area (TPSA) is 93.4 Å². The number of primary amides is 1. The fraction of sp³-hybridized carbons (Fsp3) is 0.368. The van der Waals surface area contributed by atoms with E-state index in [0.717, 1.165) is 23.4 Å². The SMILES string of the molecule is Cc1nc(SC2CCCCN(C(=O)c3ccc(Cl)cc3)C2=O)sc1CC(N)=O. The number of imide groups is 1. The van der Waals surface area contributed by atoms with Crippen LogP contribution in [-0.2, 0) is 16.0 Å². The van der Waals surface area contributed by atoms with Crippen molar-refractivity contribution in [2.45, 2.75) is 42.2 Å². The van der Waals surface area contributed by atoms with Crippen molar-refractivity contribution in [2.24, 2.45) is 5.73 Å². The molecule has 2 heterocycles. The first-order valence-electron chi connectivity index (χ1n) is 8.87. The van der Waals surface area contributed by atoms with Gasteiger partial charge in [0.1, 0.15) is 0 Å². The number of thioether (sulfide) groups is 1. The van der Waals surface area contributed by atoms with Crippen molar-refractivity contribution in [3.63, 3.8) is 0 Å². The van der Waals surface area contributed by atoms with Gasteiger partial charge in [-0.25, -0.2) is 4.98 Å². The zero-order valence-corrected chi connectivity index (χ0v) is 17.7. The number of nitrogens with two attached hydrogens (primary N) is 1. The second-order valence-electron chi connectivity index (χ2n) is 6.54. The quantitative estimate of drug-likeness (QED) is 0.723. The fourth-order valence-electron chi connectivity index (χ4n) is 2.96. The van der Waals surface area contributed by atoms with Gasteiger partial charge in [-0.3, -0.25) is 19.3 Å². The molecule has 0 bridgehead atoms. The maximum atomic E-state index is 13.1. The Hall–Kier alpha value is -1.90. The van der Waals surface area contributed by atoms with E-state index in [9.17, 15) is 14.4 Å². The number of likely N-dealkylation sites (tertiary alicyclic amines) is 1. The average molecular weight is 438 g/mol. The van der Waals surface area contributed by atoms with Gasteiger partial charge in [0.25, 0.3) is 5.91 Å². The third-order valence-electron chi connectivity index (χ3n) is 4.43. The molecular formula is C19H20ClN3O3S2. The second-order valence-corrected chi connectivity index (χ2v) is 9.51. The van der Waals surface area contributed by atoms with Crippen LogP contribution in [0.25, 0.3) is 0 Å². The third kappa shape index (κ3) is 4.92. The van der Waals surface area contributed by atoms with Crippen molar-refractivity contribution in [2.75, 3.05) is 6.54 Å². The van der Waals surface area contributed by atoms with Crippen molar-refractivity contribution in [3.05, 3.63) is 45.4 Å². The highest BCUT2D eigenvalue weighted by molar-refractivity contribution is 8.02. The molecule has 28 heavy (non-hydrogen) atoms. The van der Waals surface area contributed by atoms with E-state index in [1.807, 2.05) is 6.92 Å². The number of aromatic nitrogens is 1. The maximum Gasteiger partial charge on any atom is 0.260 e. The van der Waals surface area contributed by atoms with E-state index in [2.05, 4.69) is 4.98 Å². The van der Waals surface area contributed by atoms with Crippen molar-refractivity contribution >= 4 is 52.4 Å². The highest BCUT2D eigenvalue weighted by Gasteiger charge is 2.33. The molecule has 1 aliphatic heterocycles. The normalized spacial score (nSPS) is 17.4. The Kier molecular flexibility index (Phi) is 6.74. The molecule has 1 aromatic heterocycles. The van der Waals surface area contributed by atoms with Crippen molar-refractivity contribution in [1.82, 2.24) is 9.88 Å². The zero-order chi connectivity index (χ0) is 20.3. The largest absolute Gasteiger partial charge is 0.369 e. The van der Waals surface area contributed by atoms with E-state index in [4.69, 9.17) is 17.3 Å². The molecule has 1 unspecified atom stereocenters. The van der Waals surface area contributed by atoms with E-state index in [0.29, 0.717) is 27.9 Å². The van der Waals surface area contributed by atoms with Gasteiger partial charge in [0.05, 0.1) is 17.4 Å². The number of hydrogen-bond acceptors (Lipinski definition) is 6. The van der Waals surface area contributed by atoms with E-state index in [-0.39, 0.29) is 23.5 Å². The Bertz CT molecular complexity index is 898. The van der Waals surface area contributed by atoms with Gasteiger partial charge in [0, 0.05) is 22.0 Å². The Morgan fingerprint density at radius 2 is 2.04 bits per heavy atom. The molecule has 0 saturated carbocycles. The van der Waals surface area contributed by atoms with Crippen LogP contribution >= 0.6 is 34.7 Å². The Morgan fingerprint density at radius 1 is 1.32 bits per heavy atom. The van der Waals surface area contributed by atoms with Crippen LogP contribution in [0.5, 0.6) is 0 Å². The molecule has 9 heteroatoms. The van der Waals surface area contributed by atoms with E-state index < -0.39 is 5.91 Å². The fourth-order valence-corrected chi connectivity index (χ4v) is 5.68. The predicted molar refractivity (Wildman–Crippen MR) is 111 cm³/mol. The number of aryl methyl sites for hydroxylation is 1. The minimum absolute atomic E-state index is 0.143. The van der Waals surface area contributed by atoms with Crippen LogP contribution in [0.1, 0.15) is 40.2 Å².